The Labute approximate surface area is 138 Å². The van der Waals surface area contributed by atoms with Gasteiger partial charge in [0.1, 0.15) is 5.75 Å². The zero-order chi connectivity index (χ0) is 16.7. The number of benzene rings is 1. The molecule has 5 nitrogen and oxygen atoms in total. The van der Waals surface area contributed by atoms with Crippen molar-refractivity contribution in [2.24, 2.45) is 5.92 Å². The minimum atomic E-state index is 0.0340. The summed E-state index contributed by atoms with van der Waals surface area (Å²) in [6.45, 7) is 3.91. The van der Waals surface area contributed by atoms with Crippen molar-refractivity contribution in [2.75, 3.05) is 26.7 Å². The van der Waals surface area contributed by atoms with E-state index in [-0.39, 0.29) is 17.7 Å². The van der Waals surface area contributed by atoms with Gasteiger partial charge < -0.3 is 15.0 Å². The number of methoxy groups -OCH3 is 1. The Kier molecular flexibility index (Phi) is 6.44. The Morgan fingerprint density at radius 3 is 2.43 bits per heavy atom. The highest BCUT2D eigenvalue weighted by Gasteiger charge is 2.26. The van der Waals surface area contributed by atoms with E-state index in [9.17, 15) is 9.59 Å². The van der Waals surface area contributed by atoms with Gasteiger partial charge in [-0.1, -0.05) is 19.1 Å². The molecule has 1 heterocycles. The first-order valence-corrected chi connectivity index (χ1v) is 8.32. The summed E-state index contributed by atoms with van der Waals surface area (Å²) in [5, 5.41) is 3.01. The van der Waals surface area contributed by atoms with Crippen molar-refractivity contribution < 1.29 is 14.3 Å². The summed E-state index contributed by atoms with van der Waals surface area (Å²) in [7, 11) is 1.65. The van der Waals surface area contributed by atoms with Gasteiger partial charge in [-0.15, -0.1) is 0 Å². The third-order valence-electron chi connectivity index (χ3n) is 4.39. The molecular formula is C18H26N2O3. The SMILES string of the molecule is CCC(=O)N1CCC(C(=O)NCCc2ccc(OC)cc2)CC1. The van der Waals surface area contributed by atoms with E-state index < -0.39 is 0 Å². The van der Waals surface area contributed by atoms with Gasteiger partial charge in [-0.3, -0.25) is 9.59 Å². The fourth-order valence-electron chi connectivity index (χ4n) is 2.88. The molecule has 1 N–H and O–H groups in total. The average molecular weight is 318 g/mol. The fourth-order valence-corrected chi connectivity index (χ4v) is 2.88. The van der Waals surface area contributed by atoms with Gasteiger partial charge in [-0.25, -0.2) is 0 Å². The first-order chi connectivity index (χ1) is 11.1. The molecule has 0 atom stereocenters. The molecule has 2 rings (SSSR count). The lowest BCUT2D eigenvalue weighted by molar-refractivity contribution is -0.135. The van der Waals surface area contributed by atoms with E-state index in [0.29, 0.717) is 26.1 Å². The van der Waals surface area contributed by atoms with Crippen molar-refractivity contribution in [2.45, 2.75) is 32.6 Å². The molecule has 5 heteroatoms. The van der Waals surface area contributed by atoms with Crippen molar-refractivity contribution in [1.29, 1.82) is 0 Å². The summed E-state index contributed by atoms with van der Waals surface area (Å²) in [5.74, 6) is 1.17. The van der Waals surface area contributed by atoms with Gasteiger partial charge in [-0.2, -0.15) is 0 Å². The summed E-state index contributed by atoms with van der Waals surface area (Å²) in [6.07, 6.45) is 2.88. The molecule has 1 aromatic rings. The Bertz CT molecular complexity index is 520. The van der Waals surface area contributed by atoms with Crippen molar-refractivity contribution in [3.63, 3.8) is 0 Å². The highest BCUT2D eigenvalue weighted by molar-refractivity contribution is 5.80. The first-order valence-electron chi connectivity index (χ1n) is 8.32. The monoisotopic (exact) mass is 318 g/mol. The summed E-state index contributed by atoms with van der Waals surface area (Å²) in [4.78, 5) is 25.7. The van der Waals surface area contributed by atoms with Crippen molar-refractivity contribution in [3.8, 4) is 5.75 Å². The number of nitrogens with one attached hydrogen (secondary N) is 1. The number of amides is 2. The summed E-state index contributed by atoms with van der Waals surface area (Å²) in [5.41, 5.74) is 1.18. The molecular weight excluding hydrogens is 292 g/mol. The number of hydrogen-bond acceptors (Lipinski definition) is 3. The maximum absolute atomic E-state index is 12.2. The van der Waals surface area contributed by atoms with Crippen LogP contribution in [0.3, 0.4) is 0 Å². The van der Waals surface area contributed by atoms with Crippen LogP contribution in [0.15, 0.2) is 24.3 Å². The zero-order valence-corrected chi connectivity index (χ0v) is 14.0. The molecule has 0 bridgehead atoms. The van der Waals surface area contributed by atoms with Gasteiger partial charge in [0, 0.05) is 32.0 Å². The van der Waals surface area contributed by atoms with Gasteiger partial charge in [0.2, 0.25) is 11.8 Å². The zero-order valence-electron chi connectivity index (χ0n) is 14.0. The van der Waals surface area contributed by atoms with E-state index in [4.69, 9.17) is 4.74 Å². The predicted molar refractivity (Wildman–Crippen MR) is 89.3 cm³/mol. The molecule has 1 aromatic carbocycles. The van der Waals surface area contributed by atoms with Crippen LogP contribution < -0.4 is 10.1 Å². The van der Waals surface area contributed by atoms with E-state index in [1.165, 1.54) is 5.56 Å². The Hall–Kier alpha value is -2.04. The van der Waals surface area contributed by atoms with Crippen LogP contribution in [-0.2, 0) is 16.0 Å². The second-order valence-corrected chi connectivity index (χ2v) is 5.90. The topological polar surface area (TPSA) is 58.6 Å². The molecule has 2 amide bonds. The number of carbonyl (C=O) groups is 2. The van der Waals surface area contributed by atoms with Crippen molar-refractivity contribution in [3.05, 3.63) is 29.8 Å². The maximum atomic E-state index is 12.2. The normalized spacial score (nSPS) is 15.3. The van der Waals surface area contributed by atoms with Gasteiger partial charge >= 0.3 is 0 Å². The number of carbonyl (C=O) groups excluding carboxylic acids is 2. The van der Waals surface area contributed by atoms with Crippen LogP contribution in [-0.4, -0.2) is 43.5 Å². The maximum Gasteiger partial charge on any atom is 0.223 e. The third-order valence-corrected chi connectivity index (χ3v) is 4.39. The molecule has 1 fully saturated rings. The van der Waals surface area contributed by atoms with Gasteiger partial charge in [0.25, 0.3) is 0 Å². The average Bonchev–Trinajstić information content (AvgIpc) is 2.61. The van der Waals surface area contributed by atoms with Crippen LogP contribution >= 0.6 is 0 Å². The quantitative estimate of drug-likeness (QED) is 0.873. The third kappa shape index (κ3) is 4.98. The van der Waals surface area contributed by atoms with Crippen molar-refractivity contribution >= 4 is 11.8 Å². The van der Waals surface area contributed by atoms with Gasteiger partial charge in [-0.05, 0) is 37.0 Å². The van der Waals surface area contributed by atoms with Crippen LogP contribution in [0, 0.1) is 5.92 Å². The van der Waals surface area contributed by atoms with Crippen LogP contribution in [0.2, 0.25) is 0 Å². The second-order valence-electron chi connectivity index (χ2n) is 5.90. The van der Waals surface area contributed by atoms with Gasteiger partial charge in [0.05, 0.1) is 7.11 Å². The lowest BCUT2D eigenvalue weighted by Gasteiger charge is -2.31. The smallest absolute Gasteiger partial charge is 0.223 e. The lowest BCUT2D eigenvalue weighted by atomic mass is 9.95. The standard InChI is InChI=1S/C18H26N2O3/c1-3-17(21)20-12-9-15(10-13-20)18(22)19-11-8-14-4-6-16(23-2)7-5-14/h4-7,15H,3,8-13H2,1-2H3,(H,19,22). The van der Waals surface area contributed by atoms with E-state index in [2.05, 4.69) is 5.32 Å². The molecule has 126 valence electrons. The molecule has 1 saturated heterocycles. The minimum Gasteiger partial charge on any atom is -0.497 e. The molecule has 0 unspecified atom stereocenters. The minimum absolute atomic E-state index is 0.0340. The summed E-state index contributed by atoms with van der Waals surface area (Å²) < 4.78 is 5.13. The molecule has 0 aromatic heterocycles. The molecule has 0 saturated carbocycles. The summed E-state index contributed by atoms with van der Waals surface area (Å²) in [6, 6.07) is 7.88. The Balaban J connectivity index is 1.70. The molecule has 1 aliphatic rings. The van der Waals surface area contributed by atoms with Crippen LogP contribution in [0.1, 0.15) is 31.7 Å². The highest BCUT2D eigenvalue weighted by atomic mass is 16.5. The fraction of sp³-hybridized carbons (Fsp3) is 0.556. The number of hydrogen-bond donors (Lipinski definition) is 1. The number of ether oxygens (including phenoxy) is 1. The van der Waals surface area contributed by atoms with E-state index in [1.807, 2.05) is 36.1 Å². The van der Waals surface area contributed by atoms with E-state index in [0.717, 1.165) is 25.0 Å². The number of rotatable bonds is 6. The van der Waals surface area contributed by atoms with Gasteiger partial charge in [0.15, 0.2) is 0 Å². The second kappa shape index (κ2) is 8.56. The number of piperidine rings is 1. The van der Waals surface area contributed by atoms with Crippen LogP contribution in [0.5, 0.6) is 5.75 Å². The van der Waals surface area contributed by atoms with E-state index >= 15 is 0 Å². The number of likely N-dealkylation sites (tertiary alicyclic amines) is 1. The molecule has 23 heavy (non-hydrogen) atoms. The first kappa shape index (κ1) is 17.3. The highest BCUT2D eigenvalue weighted by Crippen LogP contribution is 2.18. The predicted octanol–water partition coefficient (Wildman–Crippen LogP) is 2.00. The summed E-state index contributed by atoms with van der Waals surface area (Å²) >= 11 is 0. The Morgan fingerprint density at radius 1 is 1.22 bits per heavy atom. The molecule has 1 aliphatic heterocycles. The van der Waals surface area contributed by atoms with Crippen molar-refractivity contribution in [1.82, 2.24) is 10.2 Å². The van der Waals surface area contributed by atoms with Crippen LogP contribution in [0.25, 0.3) is 0 Å². The lowest BCUT2D eigenvalue weighted by Crippen LogP contribution is -2.43. The molecule has 0 aliphatic carbocycles. The van der Waals surface area contributed by atoms with Crippen LogP contribution in [0.4, 0.5) is 0 Å². The largest absolute Gasteiger partial charge is 0.497 e. The molecule has 0 spiro atoms. The van der Waals surface area contributed by atoms with E-state index in [1.54, 1.807) is 7.11 Å². The Morgan fingerprint density at radius 2 is 1.87 bits per heavy atom. The molecule has 0 radical (unpaired) electrons. The number of nitrogens with zero attached hydrogens (tertiary/aromatic N) is 1.